The summed E-state index contributed by atoms with van der Waals surface area (Å²) >= 11 is 0. The highest BCUT2D eigenvalue weighted by molar-refractivity contribution is 5.37. The minimum atomic E-state index is -2.78. The summed E-state index contributed by atoms with van der Waals surface area (Å²) in [6.07, 6.45) is 0. The Kier molecular flexibility index (Phi) is 3.41. The van der Waals surface area contributed by atoms with Crippen LogP contribution < -0.4 is 10.5 Å². The second-order valence-electron chi connectivity index (χ2n) is 3.19. The van der Waals surface area contributed by atoms with Crippen LogP contribution in [0.3, 0.4) is 0 Å². The molecule has 0 saturated carbocycles. The van der Waals surface area contributed by atoms with Crippen LogP contribution in [0.4, 0.5) is 8.78 Å². The van der Waals surface area contributed by atoms with E-state index in [4.69, 9.17) is 5.73 Å². The zero-order valence-corrected chi connectivity index (χ0v) is 8.13. The quantitative estimate of drug-likeness (QED) is 0.815. The number of ether oxygens (including phenoxy) is 1. The van der Waals surface area contributed by atoms with Crippen molar-refractivity contribution in [3.8, 4) is 5.75 Å². The minimum Gasteiger partial charge on any atom is -0.435 e. The smallest absolute Gasteiger partial charge is 0.387 e. The van der Waals surface area contributed by atoms with Crippen molar-refractivity contribution in [2.24, 2.45) is 5.73 Å². The normalized spacial score (nSPS) is 13.0. The summed E-state index contributed by atoms with van der Waals surface area (Å²) < 4.78 is 28.1. The molecule has 0 aliphatic carbocycles. The Morgan fingerprint density at radius 3 is 2.43 bits per heavy atom. The van der Waals surface area contributed by atoms with Crippen molar-refractivity contribution in [1.29, 1.82) is 0 Å². The maximum atomic E-state index is 11.9. The van der Waals surface area contributed by atoms with E-state index in [-0.39, 0.29) is 11.8 Å². The molecule has 0 saturated heterocycles. The fraction of sp³-hybridized carbons (Fsp3) is 0.400. The molecule has 0 amide bonds. The van der Waals surface area contributed by atoms with Gasteiger partial charge in [0, 0.05) is 6.04 Å². The van der Waals surface area contributed by atoms with Crippen molar-refractivity contribution in [1.82, 2.24) is 0 Å². The van der Waals surface area contributed by atoms with E-state index in [0.29, 0.717) is 5.56 Å². The minimum absolute atomic E-state index is 0.103. The molecule has 0 spiro atoms. The van der Waals surface area contributed by atoms with E-state index in [1.54, 1.807) is 19.1 Å². The predicted molar refractivity (Wildman–Crippen MR) is 50.4 cm³/mol. The first-order valence-electron chi connectivity index (χ1n) is 4.31. The second kappa shape index (κ2) is 4.37. The van der Waals surface area contributed by atoms with E-state index in [1.165, 1.54) is 6.07 Å². The molecule has 1 aromatic rings. The fourth-order valence-corrected chi connectivity index (χ4v) is 1.18. The number of hydrogen-bond donors (Lipinski definition) is 1. The number of halogens is 2. The average Bonchev–Trinajstić information content (AvgIpc) is 2.07. The van der Waals surface area contributed by atoms with Crippen LogP contribution in [-0.4, -0.2) is 6.61 Å². The molecular formula is C10H13F2NO. The van der Waals surface area contributed by atoms with Crippen molar-refractivity contribution < 1.29 is 13.5 Å². The SMILES string of the molecule is Cc1cc([C@H](C)N)ccc1OC(F)F. The molecule has 0 aliphatic heterocycles. The molecule has 0 heterocycles. The van der Waals surface area contributed by atoms with Gasteiger partial charge in [-0.25, -0.2) is 0 Å². The average molecular weight is 201 g/mol. The van der Waals surface area contributed by atoms with Gasteiger partial charge in [0.15, 0.2) is 0 Å². The summed E-state index contributed by atoms with van der Waals surface area (Å²) in [5.41, 5.74) is 7.22. The molecule has 0 unspecified atom stereocenters. The highest BCUT2D eigenvalue weighted by Crippen LogP contribution is 2.23. The van der Waals surface area contributed by atoms with Crippen molar-refractivity contribution in [3.63, 3.8) is 0 Å². The van der Waals surface area contributed by atoms with Crippen molar-refractivity contribution >= 4 is 0 Å². The lowest BCUT2D eigenvalue weighted by atomic mass is 10.1. The maximum Gasteiger partial charge on any atom is 0.387 e. The Morgan fingerprint density at radius 1 is 1.36 bits per heavy atom. The molecule has 0 fully saturated rings. The molecule has 2 nitrogen and oxygen atoms in total. The Bertz CT molecular complexity index is 313. The van der Waals surface area contributed by atoms with Crippen molar-refractivity contribution in [2.45, 2.75) is 26.5 Å². The first kappa shape index (κ1) is 10.9. The summed E-state index contributed by atoms with van der Waals surface area (Å²) in [7, 11) is 0. The van der Waals surface area contributed by atoms with E-state index in [1.807, 2.05) is 6.92 Å². The lowest BCUT2D eigenvalue weighted by Gasteiger charge is -2.11. The first-order valence-corrected chi connectivity index (χ1v) is 4.31. The fourth-order valence-electron chi connectivity index (χ4n) is 1.18. The standard InChI is InChI=1S/C10H13F2NO/c1-6-5-8(7(2)13)3-4-9(6)14-10(11)12/h3-5,7,10H,13H2,1-2H3/t7-/m0/s1. The molecule has 0 radical (unpaired) electrons. The molecule has 78 valence electrons. The van der Waals surface area contributed by atoms with E-state index < -0.39 is 6.61 Å². The van der Waals surface area contributed by atoms with Crippen LogP contribution in [0.1, 0.15) is 24.1 Å². The van der Waals surface area contributed by atoms with Gasteiger partial charge in [-0.1, -0.05) is 12.1 Å². The highest BCUT2D eigenvalue weighted by Gasteiger charge is 2.08. The third-order valence-corrected chi connectivity index (χ3v) is 1.94. The van der Waals surface area contributed by atoms with Gasteiger partial charge in [0.05, 0.1) is 0 Å². The van der Waals surface area contributed by atoms with Gasteiger partial charge in [-0.2, -0.15) is 8.78 Å². The number of nitrogens with two attached hydrogens (primary N) is 1. The zero-order chi connectivity index (χ0) is 10.7. The molecule has 1 rings (SSSR count). The third-order valence-electron chi connectivity index (χ3n) is 1.94. The Balaban J connectivity index is 2.90. The molecule has 4 heteroatoms. The van der Waals surface area contributed by atoms with Crippen LogP contribution in [0, 0.1) is 6.92 Å². The van der Waals surface area contributed by atoms with Crippen LogP contribution in [0.5, 0.6) is 5.75 Å². The van der Waals surface area contributed by atoms with Gasteiger partial charge in [-0.3, -0.25) is 0 Å². The van der Waals surface area contributed by atoms with Gasteiger partial charge in [0.1, 0.15) is 5.75 Å². The van der Waals surface area contributed by atoms with E-state index in [2.05, 4.69) is 4.74 Å². The summed E-state index contributed by atoms with van der Waals surface area (Å²) in [4.78, 5) is 0. The lowest BCUT2D eigenvalue weighted by molar-refractivity contribution is -0.0503. The predicted octanol–water partition coefficient (Wildman–Crippen LogP) is 2.62. The van der Waals surface area contributed by atoms with Gasteiger partial charge >= 0.3 is 6.61 Å². The Hall–Kier alpha value is -1.16. The molecule has 0 aromatic heterocycles. The number of benzene rings is 1. The maximum absolute atomic E-state index is 11.9. The molecule has 0 aliphatic rings. The van der Waals surface area contributed by atoms with E-state index in [9.17, 15) is 8.78 Å². The molecule has 1 aromatic carbocycles. The van der Waals surface area contributed by atoms with Crippen LogP contribution in [-0.2, 0) is 0 Å². The number of hydrogen-bond acceptors (Lipinski definition) is 2. The van der Waals surface area contributed by atoms with E-state index in [0.717, 1.165) is 5.56 Å². The Labute approximate surface area is 81.7 Å². The van der Waals surface area contributed by atoms with Crippen LogP contribution in [0.2, 0.25) is 0 Å². The zero-order valence-electron chi connectivity index (χ0n) is 8.13. The summed E-state index contributed by atoms with van der Waals surface area (Å²) in [5, 5.41) is 0. The number of rotatable bonds is 3. The van der Waals surface area contributed by atoms with Gasteiger partial charge < -0.3 is 10.5 Å². The Morgan fingerprint density at radius 2 is 2.00 bits per heavy atom. The van der Waals surface area contributed by atoms with E-state index >= 15 is 0 Å². The molecule has 14 heavy (non-hydrogen) atoms. The topological polar surface area (TPSA) is 35.2 Å². The van der Waals surface area contributed by atoms with Crippen LogP contribution in [0.25, 0.3) is 0 Å². The van der Waals surface area contributed by atoms with Gasteiger partial charge in [0.2, 0.25) is 0 Å². The van der Waals surface area contributed by atoms with Gasteiger partial charge in [0.25, 0.3) is 0 Å². The van der Waals surface area contributed by atoms with Crippen LogP contribution >= 0.6 is 0 Å². The van der Waals surface area contributed by atoms with Crippen molar-refractivity contribution in [3.05, 3.63) is 29.3 Å². The monoisotopic (exact) mass is 201 g/mol. The summed E-state index contributed by atoms with van der Waals surface area (Å²) in [6.45, 7) is 0.765. The summed E-state index contributed by atoms with van der Waals surface area (Å²) in [5.74, 6) is 0.199. The third kappa shape index (κ3) is 2.67. The van der Waals surface area contributed by atoms with Gasteiger partial charge in [-0.05, 0) is 31.0 Å². The highest BCUT2D eigenvalue weighted by atomic mass is 19.3. The lowest BCUT2D eigenvalue weighted by Crippen LogP contribution is -2.07. The summed E-state index contributed by atoms with van der Waals surface area (Å²) in [6, 6.07) is 4.85. The van der Waals surface area contributed by atoms with Crippen LogP contribution in [0.15, 0.2) is 18.2 Å². The second-order valence-corrected chi connectivity index (χ2v) is 3.19. The first-order chi connectivity index (χ1) is 6.50. The number of aryl methyl sites for hydroxylation is 1. The molecular weight excluding hydrogens is 188 g/mol. The molecule has 1 atom stereocenters. The molecule has 2 N–H and O–H groups in total. The van der Waals surface area contributed by atoms with Gasteiger partial charge in [-0.15, -0.1) is 0 Å². The number of alkyl halides is 2. The molecule has 0 bridgehead atoms. The van der Waals surface area contributed by atoms with Crippen molar-refractivity contribution in [2.75, 3.05) is 0 Å². The largest absolute Gasteiger partial charge is 0.435 e.